The van der Waals surface area contributed by atoms with Gasteiger partial charge in [0, 0.05) is 35.7 Å². The Hall–Kier alpha value is -2.73. The lowest BCUT2D eigenvalue weighted by Gasteiger charge is -2.30. The summed E-state index contributed by atoms with van der Waals surface area (Å²) in [5.74, 6) is 0.602. The molecule has 5 nitrogen and oxygen atoms in total. The fourth-order valence-corrected chi connectivity index (χ4v) is 5.38. The normalized spacial score (nSPS) is 16.4. The van der Waals surface area contributed by atoms with Crippen LogP contribution < -0.4 is 10.2 Å². The molecular weight excluding hydrogens is 418 g/mol. The fourth-order valence-electron chi connectivity index (χ4n) is 4.31. The van der Waals surface area contributed by atoms with Crippen molar-refractivity contribution in [3.63, 3.8) is 0 Å². The molecule has 0 spiro atoms. The molecule has 32 heavy (non-hydrogen) atoms. The monoisotopic (exact) mass is 449 g/mol. The van der Waals surface area contributed by atoms with Crippen molar-refractivity contribution in [3.05, 3.63) is 59.2 Å². The van der Waals surface area contributed by atoms with Crippen LogP contribution in [-0.2, 0) is 16.6 Å². The van der Waals surface area contributed by atoms with E-state index >= 15 is 0 Å². The largest absolute Gasteiger partial charge is 0.354 e. The minimum Gasteiger partial charge on any atom is -0.354 e. The smallest absolute Gasteiger partial charge is 0.247 e. The van der Waals surface area contributed by atoms with Crippen LogP contribution in [-0.4, -0.2) is 28.7 Å². The number of para-hydroxylation sites is 1. The Bertz CT molecular complexity index is 1180. The number of benzene rings is 2. The van der Waals surface area contributed by atoms with E-state index in [4.69, 9.17) is 0 Å². The van der Waals surface area contributed by atoms with Crippen molar-refractivity contribution >= 4 is 40.2 Å². The fraction of sp³-hybridized carbons (Fsp3) is 0.385. The van der Waals surface area contributed by atoms with Gasteiger partial charge in [-0.05, 0) is 55.5 Å². The molecule has 6 heteroatoms. The van der Waals surface area contributed by atoms with Gasteiger partial charge in [-0.2, -0.15) is 0 Å². The van der Waals surface area contributed by atoms with E-state index in [0.717, 1.165) is 44.7 Å². The highest BCUT2D eigenvalue weighted by Gasteiger charge is 2.39. The molecule has 0 saturated heterocycles. The first-order valence-corrected chi connectivity index (χ1v) is 12.1. The molecule has 2 amide bonds. The number of thioether (sulfide) groups is 1. The van der Waals surface area contributed by atoms with Crippen molar-refractivity contribution < 1.29 is 9.59 Å². The molecule has 1 aliphatic rings. The summed E-state index contributed by atoms with van der Waals surface area (Å²) in [5.41, 5.74) is 5.01. The minimum atomic E-state index is -0.715. The number of rotatable bonds is 5. The molecule has 1 atom stereocenters. The minimum absolute atomic E-state index is 0.0532. The van der Waals surface area contributed by atoms with E-state index in [1.165, 1.54) is 11.8 Å². The summed E-state index contributed by atoms with van der Waals surface area (Å²) >= 11 is 1.52. The van der Waals surface area contributed by atoms with Gasteiger partial charge < -0.3 is 9.88 Å². The van der Waals surface area contributed by atoms with Crippen molar-refractivity contribution in [1.29, 1.82) is 0 Å². The Balaban J connectivity index is 1.89. The number of fused-ring (bicyclic) bond motifs is 3. The summed E-state index contributed by atoms with van der Waals surface area (Å²) in [7, 11) is 2.01. The van der Waals surface area contributed by atoms with Gasteiger partial charge >= 0.3 is 0 Å². The molecule has 1 aliphatic heterocycles. The summed E-state index contributed by atoms with van der Waals surface area (Å²) in [6, 6.07) is 13.4. The average molecular weight is 450 g/mol. The van der Waals surface area contributed by atoms with E-state index in [-0.39, 0.29) is 11.8 Å². The second-order valence-electron chi connectivity index (χ2n) is 8.99. The third-order valence-corrected chi connectivity index (χ3v) is 7.42. The van der Waals surface area contributed by atoms with Crippen LogP contribution in [0.15, 0.2) is 47.5 Å². The van der Waals surface area contributed by atoms with Crippen LogP contribution in [0, 0.1) is 19.8 Å². The van der Waals surface area contributed by atoms with Crippen LogP contribution in [0.2, 0.25) is 0 Å². The second-order valence-corrected chi connectivity index (χ2v) is 9.96. The van der Waals surface area contributed by atoms with Crippen molar-refractivity contribution in [3.8, 4) is 0 Å². The quantitative estimate of drug-likeness (QED) is 0.587. The highest BCUT2D eigenvalue weighted by atomic mass is 32.2. The number of amides is 2. The van der Waals surface area contributed by atoms with Crippen molar-refractivity contribution in [2.45, 2.75) is 45.2 Å². The summed E-state index contributed by atoms with van der Waals surface area (Å²) < 4.78 is 2.11. The van der Waals surface area contributed by atoms with Crippen LogP contribution in [0.5, 0.6) is 0 Å². The maximum Gasteiger partial charge on any atom is 0.247 e. The first kappa shape index (κ1) is 22.5. The Morgan fingerprint density at radius 3 is 2.62 bits per heavy atom. The third-order valence-electron chi connectivity index (χ3n) is 6.26. The number of carbonyl (C=O) groups excluding carboxylic acids is 2. The predicted octanol–water partition coefficient (Wildman–Crippen LogP) is 5.14. The van der Waals surface area contributed by atoms with Crippen LogP contribution in [0.3, 0.4) is 0 Å². The molecule has 4 rings (SSSR count). The van der Waals surface area contributed by atoms with Crippen molar-refractivity contribution in [2.75, 3.05) is 17.2 Å². The van der Waals surface area contributed by atoms with Gasteiger partial charge in [-0.15, -0.1) is 0 Å². The Morgan fingerprint density at radius 2 is 1.91 bits per heavy atom. The number of hydrogen-bond donors (Lipinski definition) is 1. The van der Waals surface area contributed by atoms with E-state index in [2.05, 4.69) is 42.8 Å². The van der Waals surface area contributed by atoms with Crippen LogP contribution >= 0.6 is 11.8 Å². The lowest BCUT2D eigenvalue weighted by atomic mass is 10.0. The van der Waals surface area contributed by atoms with Crippen LogP contribution in [0.1, 0.15) is 43.0 Å². The average Bonchev–Trinajstić information content (AvgIpc) is 2.93. The second kappa shape index (κ2) is 9.02. The molecule has 3 aromatic rings. The van der Waals surface area contributed by atoms with Gasteiger partial charge in [-0.3, -0.25) is 14.5 Å². The van der Waals surface area contributed by atoms with Crippen LogP contribution in [0.4, 0.5) is 5.69 Å². The maximum atomic E-state index is 13.7. The van der Waals surface area contributed by atoms with E-state index in [1.807, 2.05) is 44.3 Å². The van der Waals surface area contributed by atoms with E-state index < -0.39 is 6.04 Å². The molecule has 2 aromatic carbocycles. The Morgan fingerprint density at radius 1 is 1.16 bits per heavy atom. The number of nitrogens with zero attached hydrogens (tertiary/aromatic N) is 2. The number of carbonyl (C=O) groups is 2. The maximum absolute atomic E-state index is 13.7. The van der Waals surface area contributed by atoms with Gasteiger partial charge in [0.1, 0.15) is 6.04 Å². The third kappa shape index (κ3) is 4.04. The zero-order valence-electron chi connectivity index (χ0n) is 19.4. The SMILES string of the molecule is Cc1ccc(N2C(=O)CSc3c(c4ccccc4n3C)[C@H]2C(=O)NCCC(C)C)cc1C. The van der Waals surface area contributed by atoms with E-state index in [0.29, 0.717) is 18.2 Å². The topological polar surface area (TPSA) is 54.3 Å². The molecular formula is C26H31N3O2S. The zero-order chi connectivity index (χ0) is 23.0. The number of hydrogen-bond acceptors (Lipinski definition) is 3. The molecule has 0 bridgehead atoms. The van der Waals surface area contributed by atoms with Gasteiger partial charge in [0.05, 0.1) is 10.8 Å². The van der Waals surface area contributed by atoms with Crippen molar-refractivity contribution in [2.24, 2.45) is 13.0 Å². The molecule has 1 aromatic heterocycles. The molecule has 0 radical (unpaired) electrons. The first-order chi connectivity index (χ1) is 15.3. The highest BCUT2D eigenvalue weighted by molar-refractivity contribution is 8.00. The van der Waals surface area contributed by atoms with Gasteiger partial charge in [-0.1, -0.05) is 49.9 Å². The summed E-state index contributed by atoms with van der Waals surface area (Å²) in [4.78, 5) is 28.9. The van der Waals surface area contributed by atoms with Gasteiger partial charge in [0.25, 0.3) is 0 Å². The standard InChI is InChI=1S/C26H31N3O2S/c1-16(2)12-13-27-25(31)24-23-20-8-6-7-9-21(20)28(5)26(23)32-15-22(30)29(24)19-11-10-17(3)18(4)14-19/h6-11,14,16,24H,12-13,15H2,1-5H3,(H,27,31)/t24-/m0/s1. The van der Waals surface area contributed by atoms with Crippen LogP contribution in [0.25, 0.3) is 10.9 Å². The van der Waals surface area contributed by atoms with Crippen molar-refractivity contribution in [1.82, 2.24) is 9.88 Å². The molecule has 168 valence electrons. The van der Waals surface area contributed by atoms with Gasteiger partial charge in [-0.25, -0.2) is 0 Å². The molecule has 1 N–H and O–H groups in total. The zero-order valence-corrected chi connectivity index (χ0v) is 20.3. The Labute approximate surface area is 194 Å². The van der Waals surface area contributed by atoms with Gasteiger partial charge in [0.15, 0.2) is 0 Å². The summed E-state index contributed by atoms with van der Waals surface area (Å²) in [5, 5.41) is 5.12. The van der Waals surface area contributed by atoms with Gasteiger partial charge in [0.2, 0.25) is 11.8 Å². The van der Waals surface area contributed by atoms with E-state index in [9.17, 15) is 9.59 Å². The van der Waals surface area contributed by atoms with E-state index in [1.54, 1.807) is 4.90 Å². The lowest BCUT2D eigenvalue weighted by molar-refractivity contribution is -0.125. The molecule has 0 saturated carbocycles. The molecule has 0 fully saturated rings. The predicted molar refractivity (Wildman–Crippen MR) is 132 cm³/mol. The number of aryl methyl sites for hydroxylation is 3. The number of aromatic nitrogens is 1. The number of anilines is 1. The highest BCUT2D eigenvalue weighted by Crippen LogP contribution is 2.43. The lowest BCUT2D eigenvalue weighted by Crippen LogP contribution is -2.44. The first-order valence-electron chi connectivity index (χ1n) is 11.2. The summed E-state index contributed by atoms with van der Waals surface area (Å²) in [6.07, 6.45) is 0.896. The molecule has 2 heterocycles. The molecule has 0 aliphatic carbocycles. The Kier molecular flexibility index (Phi) is 6.33. The number of nitrogens with one attached hydrogen (secondary N) is 1. The molecule has 0 unspecified atom stereocenters. The summed E-state index contributed by atoms with van der Waals surface area (Å²) in [6.45, 7) is 8.97.